The van der Waals surface area contributed by atoms with Gasteiger partial charge in [-0.1, -0.05) is 83.8 Å². The maximum Gasteiger partial charge on any atom is 0.155 e. The number of carbonyl (C=O) groups excluding carboxylic acids is 1. The monoisotopic (exact) mass is 718 g/mol. The molecule has 0 amide bonds. The summed E-state index contributed by atoms with van der Waals surface area (Å²) in [6, 6.07) is 34.4. The van der Waals surface area contributed by atoms with E-state index in [1.54, 1.807) is 0 Å². The molecule has 1 N–H and O–H groups in total. The molecule has 1 radical (unpaired) electrons. The minimum Gasteiger partial charge on any atom is -0.512 e. The zero-order valence-electron chi connectivity index (χ0n) is 22.8. The Morgan fingerprint density at radius 1 is 0.875 bits per heavy atom. The summed E-state index contributed by atoms with van der Waals surface area (Å²) in [6.45, 7) is 7.77. The van der Waals surface area contributed by atoms with Crippen molar-refractivity contribution in [2.75, 3.05) is 4.90 Å². The van der Waals surface area contributed by atoms with Crippen molar-refractivity contribution < 1.29 is 30.0 Å². The number of benzene rings is 4. The van der Waals surface area contributed by atoms with Crippen molar-refractivity contribution in [2.24, 2.45) is 0 Å². The van der Waals surface area contributed by atoms with Crippen LogP contribution in [-0.2, 0) is 24.9 Å². The van der Waals surface area contributed by atoms with Gasteiger partial charge in [0.25, 0.3) is 0 Å². The molecule has 3 heterocycles. The molecule has 0 saturated heterocycles. The van der Waals surface area contributed by atoms with Crippen molar-refractivity contribution >= 4 is 52.1 Å². The third-order valence-electron chi connectivity index (χ3n) is 7.50. The van der Waals surface area contributed by atoms with Crippen molar-refractivity contribution in [1.29, 1.82) is 0 Å². The van der Waals surface area contributed by atoms with Crippen molar-refractivity contribution in [1.82, 2.24) is 4.98 Å². The predicted molar refractivity (Wildman–Crippen MR) is 164 cm³/mol. The van der Waals surface area contributed by atoms with Crippen LogP contribution in [0.15, 0.2) is 103 Å². The Morgan fingerprint density at radius 2 is 1.57 bits per heavy atom. The second kappa shape index (κ2) is 10.6. The fourth-order valence-electron chi connectivity index (χ4n) is 5.87. The summed E-state index contributed by atoms with van der Waals surface area (Å²) in [5.74, 6) is -0.0625. The molecule has 0 atom stereocenters. The van der Waals surface area contributed by atoms with Gasteiger partial charge in [-0.15, -0.1) is 17.5 Å². The van der Waals surface area contributed by atoms with Crippen molar-refractivity contribution in [3.63, 3.8) is 0 Å². The van der Waals surface area contributed by atoms with E-state index in [1.165, 1.54) is 52.5 Å². The van der Waals surface area contributed by atoms with Gasteiger partial charge < -0.3 is 10.0 Å². The van der Waals surface area contributed by atoms with Gasteiger partial charge in [-0.05, 0) is 60.1 Å². The third kappa shape index (κ3) is 4.52. The Labute approximate surface area is 249 Å². The third-order valence-corrected chi connectivity index (χ3v) is 11.0. The molecule has 0 bridgehead atoms. The fraction of sp³-hybridized carbons (Fsp3) is 0.118. The largest absolute Gasteiger partial charge is 0.512 e. The van der Waals surface area contributed by atoms with Gasteiger partial charge in [0.05, 0.1) is 5.76 Å². The first-order valence-electron chi connectivity index (χ1n) is 13.1. The molecule has 7 rings (SSSR count). The van der Waals surface area contributed by atoms with E-state index >= 15 is 0 Å². The molecular formula is C34H29IrN2O2Si-. The Hall–Kier alpha value is -3.83. The number of ketones is 1. The first-order chi connectivity index (χ1) is 18.8. The van der Waals surface area contributed by atoms with Crippen molar-refractivity contribution in [3.05, 3.63) is 109 Å². The van der Waals surface area contributed by atoms with Crippen LogP contribution in [0.4, 0.5) is 17.1 Å². The number of aromatic nitrogens is 1. The van der Waals surface area contributed by atoms with Crippen LogP contribution >= 0.6 is 0 Å². The Bertz CT molecular complexity index is 1790. The SMILES string of the molecule is CC(=O)/C=C(/C)O.C[Si]1(C)c2cccc3c2-c2c1ccnc2-c1[c-]c2ccccc2cc1N3c1ccccc1.[Ir]. The molecule has 0 aliphatic carbocycles. The van der Waals surface area contributed by atoms with Crippen LogP contribution in [0, 0.1) is 6.07 Å². The Balaban J connectivity index is 0.000000362. The number of aliphatic hydroxyl groups excluding tert-OH is 1. The van der Waals surface area contributed by atoms with E-state index in [2.05, 4.69) is 109 Å². The van der Waals surface area contributed by atoms with Gasteiger partial charge in [-0.3, -0.25) is 9.78 Å². The normalized spacial score (nSPS) is 13.8. The molecule has 2 aliphatic rings. The molecule has 0 saturated carbocycles. The first-order valence-corrected chi connectivity index (χ1v) is 16.1. The van der Waals surface area contributed by atoms with Crippen molar-refractivity contribution in [2.45, 2.75) is 26.9 Å². The molecule has 6 heteroatoms. The molecule has 1 aromatic heterocycles. The van der Waals surface area contributed by atoms with E-state index in [0.29, 0.717) is 0 Å². The molecule has 4 nitrogen and oxygen atoms in total. The summed E-state index contributed by atoms with van der Waals surface area (Å²) in [7, 11) is -1.81. The smallest absolute Gasteiger partial charge is 0.155 e. The molecule has 0 unspecified atom stereocenters. The number of pyridine rings is 1. The molecular weight excluding hydrogens is 689 g/mol. The number of aliphatic hydroxyl groups is 1. The number of anilines is 3. The fourth-order valence-corrected chi connectivity index (χ4v) is 8.91. The molecule has 2 aliphatic heterocycles. The zero-order valence-corrected chi connectivity index (χ0v) is 26.2. The quantitative estimate of drug-likeness (QED) is 0.0884. The van der Waals surface area contributed by atoms with Crippen LogP contribution in [0.2, 0.25) is 13.1 Å². The molecule has 0 fully saturated rings. The summed E-state index contributed by atoms with van der Waals surface area (Å²) in [5, 5.41) is 13.7. The number of rotatable bonds is 2. The van der Waals surface area contributed by atoms with Crippen LogP contribution in [0.25, 0.3) is 33.2 Å². The molecule has 4 aromatic carbocycles. The predicted octanol–water partition coefficient (Wildman–Crippen LogP) is 7.32. The molecule has 40 heavy (non-hydrogen) atoms. The summed E-state index contributed by atoms with van der Waals surface area (Å²) in [5.41, 5.74) is 8.36. The summed E-state index contributed by atoms with van der Waals surface area (Å²) in [4.78, 5) is 17.4. The van der Waals surface area contributed by atoms with E-state index in [0.717, 1.165) is 28.0 Å². The number of carbonyl (C=O) groups is 1. The van der Waals surface area contributed by atoms with Gasteiger partial charge >= 0.3 is 0 Å². The standard InChI is InChI=1S/C29H21N2Si.C5H8O2.Ir/c1-32(2)25-14-8-13-23-27(25)28-26(32)15-16-30-29(28)22-17-19-9-6-7-10-20(19)18-24(22)31(23)21-11-4-3-5-12-21;1-4(6)3-5(2)7;/h3-16,18H,1-2H3;3,6H,1-2H3;/q-1;;/b;4-3-;. The molecule has 0 spiro atoms. The van der Waals surface area contributed by atoms with Gasteiger partial charge in [0, 0.05) is 49.4 Å². The van der Waals surface area contributed by atoms with Crippen molar-refractivity contribution in [3.8, 4) is 22.4 Å². The summed E-state index contributed by atoms with van der Waals surface area (Å²) >= 11 is 0. The number of para-hydroxylation sites is 1. The van der Waals surface area contributed by atoms with E-state index in [1.807, 2.05) is 6.20 Å². The van der Waals surface area contributed by atoms with Crippen LogP contribution in [0.3, 0.4) is 0 Å². The van der Waals surface area contributed by atoms with E-state index < -0.39 is 8.07 Å². The molecule has 201 valence electrons. The molecule has 5 aromatic rings. The minimum atomic E-state index is -1.81. The van der Waals surface area contributed by atoms with Gasteiger partial charge in [0.2, 0.25) is 0 Å². The van der Waals surface area contributed by atoms with Crippen LogP contribution in [0.5, 0.6) is 0 Å². The van der Waals surface area contributed by atoms with Gasteiger partial charge in [0.15, 0.2) is 5.78 Å². The maximum atomic E-state index is 10.0. The number of fused-ring (bicyclic) bond motifs is 3. The average Bonchev–Trinajstić information content (AvgIpc) is 3.08. The average molecular weight is 718 g/mol. The van der Waals surface area contributed by atoms with E-state index in [-0.39, 0.29) is 31.6 Å². The maximum absolute atomic E-state index is 10.0. The summed E-state index contributed by atoms with van der Waals surface area (Å²) in [6.07, 6.45) is 3.17. The second-order valence-electron chi connectivity index (χ2n) is 10.6. The van der Waals surface area contributed by atoms with Gasteiger partial charge in [0.1, 0.15) is 8.07 Å². The van der Waals surface area contributed by atoms with Crippen LogP contribution in [0.1, 0.15) is 13.8 Å². The number of hydrogen-bond donors (Lipinski definition) is 1. The Morgan fingerprint density at radius 3 is 2.27 bits per heavy atom. The zero-order chi connectivity index (χ0) is 27.3. The van der Waals surface area contributed by atoms with E-state index in [9.17, 15) is 4.79 Å². The van der Waals surface area contributed by atoms with Gasteiger partial charge in [-0.25, -0.2) is 0 Å². The first kappa shape index (κ1) is 27.7. The van der Waals surface area contributed by atoms with Crippen LogP contribution in [-0.4, -0.2) is 23.9 Å². The number of allylic oxidation sites excluding steroid dienone is 2. The number of nitrogens with zero attached hydrogens (tertiary/aromatic N) is 2. The number of hydrogen-bond acceptors (Lipinski definition) is 4. The van der Waals surface area contributed by atoms with Crippen LogP contribution < -0.4 is 15.3 Å². The second-order valence-corrected chi connectivity index (χ2v) is 14.9. The van der Waals surface area contributed by atoms with E-state index in [4.69, 9.17) is 10.1 Å². The van der Waals surface area contributed by atoms with Gasteiger partial charge in [-0.2, -0.15) is 0 Å². The minimum absolute atomic E-state index is 0. The topological polar surface area (TPSA) is 53.4 Å². The Kier molecular flexibility index (Phi) is 7.36. The summed E-state index contributed by atoms with van der Waals surface area (Å²) < 4.78 is 0.